The molecule has 0 saturated heterocycles. The number of nitrogens with zero attached hydrogens (tertiary/aromatic N) is 1. The summed E-state index contributed by atoms with van der Waals surface area (Å²) in [5, 5.41) is 31.4. The van der Waals surface area contributed by atoms with Crippen molar-refractivity contribution in [3.05, 3.63) is 15.3 Å². The number of hydrogen-bond donors (Lipinski definition) is 0. The van der Waals surface area contributed by atoms with Gasteiger partial charge >= 0.3 is 59.9 Å². The van der Waals surface area contributed by atoms with Crippen molar-refractivity contribution in [1.82, 2.24) is 0 Å². The summed E-state index contributed by atoms with van der Waals surface area (Å²) < 4.78 is 0. The van der Waals surface area contributed by atoms with Gasteiger partial charge in [-0.1, -0.05) is 0 Å². The summed E-state index contributed by atoms with van der Waals surface area (Å²) in [7, 11) is 0. The molecule has 0 heterocycles. The maximum Gasteiger partial charge on any atom is 3.00 e. The van der Waals surface area contributed by atoms with Gasteiger partial charge in [0.05, 0.1) is 5.09 Å². The van der Waals surface area contributed by atoms with E-state index in [9.17, 15) is 0 Å². The Hall–Kier alpha value is 0.0321. The Morgan fingerprint density at radius 3 is 0.750 bits per heavy atom. The monoisotopic (exact) mass is 398 g/mol. The standard InChI is InChI=1S/CH2O3.Al.Mg.NO3.9H2O.Zn/c2-1(3)4;;;2-1(3)4;;;;;;;;;;/h(H2,2,3,4);;;;9*1H2;/q;+3;+2;-1;;;;;;;;;;+2/p-3. The van der Waals surface area contributed by atoms with Gasteiger partial charge in [-0.25, -0.2) is 0 Å². The molecule has 16 nitrogen and oxygen atoms in total. The maximum absolute atomic E-state index is 8.33. The summed E-state index contributed by atoms with van der Waals surface area (Å²) in [6, 6.07) is 0. The van der Waals surface area contributed by atoms with Crippen LogP contribution in [0.15, 0.2) is 0 Å². The molecule has 0 fully saturated rings. The van der Waals surface area contributed by atoms with Gasteiger partial charge in [0.1, 0.15) is 0 Å². The number of hydrogen-bond acceptors (Lipinski definition) is 7. The Morgan fingerprint density at radius 1 is 0.750 bits per heavy atom. The molecule has 0 aromatic carbocycles. The van der Waals surface area contributed by atoms with Gasteiger partial charge in [-0.2, -0.15) is 0 Å². The molecule has 0 amide bonds. The molecule has 0 atom stereocenters. The molecule has 17 N–H and O–H groups in total. The first-order chi connectivity index (χ1) is 3.46. The molecule has 0 aliphatic carbocycles. The SMILES string of the molecule is O.O.O.O.O.O.O.O.O=C([O-])[O-].O=[N+]([O-])[O-].[Al+3].[Mg+2].[OH-].[Zn+2]. The summed E-state index contributed by atoms with van der Waals surface area (Å²) >= 11 is 0. The Kier molecular flexibility index (Phi) is 1700. The van der Waals surface area contributed by atoms with Crippen LogP contribution in [0.3, 0.4) is 0 Å². The van der Waals surface area contributed by atoms with E-state index in [-0.39, 0.29) is 109 Å². The van der Waals surface area contributed by atoms with Gasteiger partial charge in [0.15, 0.2) is 0 Å². The fourth-order valence-corrected chi connectivity index (χ4v) is 0. The molecule has 0 aromatic rings. The summed E-state index contributed by atoms with van der Waals surface area (Å²) in [6.07, 6.45) is -2.33. The maximum atomic E-state index is 8.33. The number of carboxylic acid groups (broad SMARTS) is 2. The van der Waals surface area contributed by atoms with Crippen LogP contribution in [-0.4, -0.2) is 101 Å². The molecule has 120 valence electrons. The predicted molar refractivity (Wildman–Crippen MR) is 58.1 cm³/mol. The topological polar surface area (TPSA) is 411 Å². The molecule has 20 heavy (non-hydrogen) atoms. The molecule has 0 aromatic heterocycles. The van der Waals surface area contributed by atoms with E-state index in [0.717, 1.165) is 0 Å². The van der Waals surface area contributed by atoms with Gasteiger partial charge in [-0.3, -0.25) is 0 Å². The van der Waals surface area contributed by atoms with Crippen LogP contribution in [-0.2, 0) is 19.5 Å². The van der Waals surface area contributed by atoms with Crippen molar-refractivity contribution in [3.63, 3.8) is 0 Å². The Bertz CT molecular complexity index is 85.9. The van der Waals surface area contributed by atoms with Crippen molar-refractivity contribution >= 4 is 46.6 Å². The average molecular weight is 400 g/mol. The zero-order valence-electron chi connectivity index (χ0n) is 9.84. The van der Waals surface area contributed by atoms with E-state index in [1.807, 2.05) is 0 Å². The molecule has 0 bridgehead atoms. The van der Waals surface area contributed by atoms with Crippen molar-refractivity contribution in [2.45, 2.75) is 0 Å². The van der Waals surface area contributed by atoms with Crippen LogP contribution >= 0.6 is 0 Å². The van der Waals surface area contributed by atoms with Gasteiger partial charge in [-0.05, 0) is 6.16 Å². The predicted octanol–water partition coefficient (Wildman–Crippen LogP) is -10.2. The average Bonchev–Trinajstić information content (AvgIpc) is 1.25. The van der Waals surface area contributed by atoms with E-state index in [2.05, 4.69) is 0 Å². The van der Waals surface area contributed by atoms with E-state index in [4.69, 9.17) is 30.3 Å². The van der Waals surface area contributed by atoms with Crippen LogP contribution in [0, 0.1) is 15.3 Å². The van der Waals surface area contributed by atoms with Crippen molar-refractivity contribution in [2.24, 2.45) is 0 Å². The van der Waals surface area contributed by atoms with E-state index in [1.54, 1.807) is 0 Å². The van der Waals surface area contributed by atoms with Crippen molar-refractivity contribution in [3.8, 4) is 0 Å². The number of carbonyl (C=O) groups excluding carboxylic acids is 1. The first-order valence-corrected chi connectivity index (χ1v) is 1.16. The summed E-state index contributed by atoms with van der Waals surface area (Å²) in [4.78, 5) is 16.6. The van der Waals surface area contributed by atoms with Gasteiger partial charge in [0, 0.05) is 0 Å². The van der Waals surface area contributed by atoms with Gasteiger partial charge in [0.2, 0.25) is 0 Å². The molecule has 19 heteroatoms. The van der Waals surface area contributed by atoms with Crippen LogP contribution < -0.4 is 10.2 Å². The second-order valence-electron chi connectivity index (χ2n) is 0.474. The second kappa shape index (κ2) is 170. The molecule has 0 rings (SSSR count). The van der Waals surface area contributed by atoms with E-state index < -0.39 is 11.2 Å². The second-order valence-corrected chi connectivity index (χ2v) is 0.474. The Morgan fingerprint density at radius 2 is 0.750 bits per heavy atom. The largest absolute Gasteiger partial charge is 3.00 e. The molecular formula is CH17AlMgNO15Zn+3. The third kappa shape index (κ3) is 5080000. The summed E-state index contributed by atoms with van der Waals surface area (Å²) in [5.74, 6) is 0. The van der Waals surface area contributed by atoms with E-state index in [1.165, 1.54) is 0 Å². The van der Waals surface area contributed by atoms with Crippen molar-refractivity contribution in [1.29, 1.82) is 0 Å². The van der Waals surface area contributed by atoms with Gasteiger partial charge in [0.25, 0.3) is 0 Å². The molecule has 0 unspecified atom stereocenters. The van der Waals surface area contributed by atoms with Crippen LogP contribution in [0.4, 0.5) is 4.79 Å². The molecule has 0 aliphatic heterocycles. The number of carbonyl (C=O) groups is 1. The minimum Gasteiger partial charge on any atom is -0.870 e. The smallest absolute Gasteiger partial charge is 0.870 e. The van der Waals surface area contributed by atoms with Gasteiger partial charge in [-0.15, -0.1) is 0 Å². The molecular weight excluding hydrogens is 383 g/mol. The molecule has 0 aliphatic rings. The van der Waals surface area contributed by atoms with Crippen LogP contribution in [0.25, 0.3) is 0 Å². The van der Waals surface area contributed by atoms with Gasteiger partial charge < -0.3 is 79.6 Å². The zero-order chi connectivity index (χ0) is 7.15. The van der Waals surface area contributed by atoms with E-state index >= 15 is 0 Å². The fraction of sp³-hybridized carbons (Fsp3) is 0. The minimum atomic E-state index is -2.33. The minimum absolute atomic E-state index is 0. The first-order valence-electron chi connectivity index (χ1n) is 1.16. The van der Waals surface area contributed by atoms with E-state index in [0.29, 0.717) is 0 Å². The van der Waals surface area contributed by atoms with Crippen LogP contribution in [0.1, 0.15) is 0 Å². The first kappa shape index (κ1) is 199. The van der Waals surface area contributed by atoms with Crippen molar-refractivity contribution < 1.29 is 88.9 Å². The van der Waals surface area contributed by atoms with Crippen LogP contribution in [0.2, 0.25) is 0 Å². The third-order valence-electron chi connectivity index (χ3n) is 0. The van der Waals surface area contributed by atoms with Crippen molar-refractivity contribution in [2.75, 3.05) is 0 Å². The fourth-order valence-electron chi connectivity index (χ4n) is 0. The molecule has 0 saturated carbocycles. The summed E-state index contributed by atoms with van der Waals surface area (Å²) in [6.45, 7) is 0. The zero-order valence-corrected chi connectivity index (χ0v) is 15.4. The molecule has 0 spiro atoms. The summed E-state index contributed by atoms with van der Waals surface area (Å²) in [5.41, 5.74) is 0. The number of rotatable bonds is 0. The Labute approximate surface area is 150 Å². The quantitative estimate of drug-likeness (QED) is 0.214. The normalized spacial score (nSPS) is 2.40. The van der Waals surface area contributed by atoms with Crippen LogP contribution in [0.5, 0.6) is 0 Å². The molecule has 0 radical (unpaired) electrons. The third-order valence-corrected chi connectivity index (χ3v) is 0. The Balaban J connectivity index is -0.00000000187.